The van der Waals surface area contributed by atoms with Crippen molar-refractivity contribution in [1.29, 1.82) is 0 Å². The SMILES string of the molecule is Cc1cc(=O)[nH]c(NCCNC(=O)Cn2ncc3ccccc32)n1. The van der Waals surface area contributed by atoms with Crippen LogP contribution in [0.3, 0.4) is 0 Å². The molecule has 8 heteroatoms. The van der Waals surface area contributed by atoms with Crippen molar-refractivity contribution in [3.8, 4) is 0 Å². The zero-order valence-electron chi connectivity index (χ0n) is 13.2. The quantitative estimate of drug-likeness (QED) is 0.577. The summed E-state index contributed by atoms with van der Waals surface area (Å²) in [6, 6.07) is 9.15. The molecule has 2 aromatic heterocycles. The first-order chi connectivity index (χ1) is 11.6. The number of hydrogen-bond donors (Lipinski definition) is 3. The molecule has 124 valence electrons. The standard InChI is InChI=1S/C16H18N6O2/c1-11-8-14(23)21-16(20-11)18-7-6-17-15(24)10-22-13-5-3-2-4-12(13)9-19-22/h2-5,8-9H,6-7,10H2,1H3,(H,17,24)(H2,18,20,21,23). The monoisotopic (exact) mass is 326 g/mol. The third-order valence-electron chi connectivity index (χ3n) is 3.45. The number of nitrogens with one attached hydrogen (secondary N) is 3. The Morgan fingerprint density at radius 3 is 2.96 bits per heavy atom. The minimum Gasteiger partial charge on any atom is -0.354 e. The lowest BCUT2D eigenvalue weighted by molar-refractivity contribution is -0.121. The van der Waals surface area contributed by atoms with Gasteiger partial charge in [0, 0.05) is 30.2 Å². The molecule has 0 aliphatic heterocycles. The Bertz CT molecular complexity index is 914. The summed E-state index contributed by atoms with van der Waals surface area (Å²) < 4.78 is 1.66. The maximum absolute atomic E-state index is 12.0. The molecule has 0 saturated carbocycles. The van der Waals surface area contributed by atoms with Crippen LogP contribution in [0.25, 0.3) is 10.9 Å². The van der Waals surface area contributed by atoms with Gasteiger partial charge in [0.1, 0.15) is 6.54 Å². The maximum Gasteiger partial charge on any atom is 0.252 e. The van der Waals surface area contributed by atoms with E-state index in [-0.39, 0.29) is 18.0 Å². The summed E-state index contributed by atoms with van der Waals surface area (Å²) in [6.07, 6.45) is 1.74. The molecule has 2 heterocycles. The van der Waals surface area contributed by atoms with Crippen molar-refractivity contribution in [2.45, 2.75) is 13.5 Å². The number of nitrogens with zero attached hydrogens (tertiary/aromatic N) is 3. The third-order valence-corrected chi connectivity index (χ3v) is 3.45. The van der Waals surface area contributed by atoms with Crippen molar-refractivity contribution in [2.75, 3.05) is 18.4 Å². The van der Waals surface area contributed by atoms with Crippen molar-refractivity contribution in [1.82, 2.24) is 25.1 Å². The summed E-state index contributed by atoms with van der Waals surface area (Å²) in [7, 11) is 0. The zero-order valence-corrected chi connectivity index (χ0v) is 13.2. The maximum atomic E-state index is 12.0. The fraction of sp³-hybridized carbons (Fsp3) is 0.250. The van der Waals surface area contributed by atoms with E-state index in [0.717, 1.165) is 10.9 Å². The highest BCUT2D eigenvalue weighted by Crippen LogP contribution is 2.11. The first kappa shape index (κ1) is 15.7. The summed E-state index contributed by atoms with van der Waals surface area (Å²) >= 11 is 0. The molecule has 8 nitrogen and oxygen atoms in total. The minimum absolute atomic E-state index is 0.128. The van der Waals surface area contributed by atoms with E-state index in [0.29, 0.717) is 24.7 Å². The van der Waals surface area contributed by atoms with Gasteiger partial charge < -0.3 is 10.6 Å². The molecule has 3 rings (SSSR count). The molecule has 1 amide bonds. The Hall–Kier alpha value is -3.16. The Balaban J connectivity index is 1.48. The number of hydrogen-bond acceptors (Lipinski definition) is 5. The lowest BCUT2D eigenvalue weighted by Crippen LogP contribution is -2.32. The normalized spacial score (nSPS) is 10.7. The van der Waals surface area contributed by atoms with E-state index < -0.39 is 0 Å². The first-order valence-corrected chi connectivity index (χ1v) is 7.61. The van der Waals surface area contributed by atoms with Crippen molar-refractivity contribution >= 4 is 22.8 Å². The van der Waals surface area contributed by atoms with Crippen molar-refractivity contribution in [2.24, 2.45) is 0 Å². The predicted molar refractivity (Wildman–Crippen MR) is 90.8 cm³/mol. The van der Waals surface area contributed by atoms with Gasteiger partial charge in [0.05, 0.1) is 11.7 Å². The van der Waals surface area contributed by atoms with Gasteiger partial charge in [0.15, 0.2) is 0 Å². The molecule has 0 atom stereocenters. The molecule has 3 N–H and O–H groups in total. The molecule has 0 spiro atoms. The minimum atomic E-state index is -0.209. The van der Waals surface area contributed by atoms with E-state index in [1.165, 1.54) is 6.07 Å². The number of para-hydroxylation sites is 1. The lowest BCUT2D eigenvalue weighted by Gasteiger charge is -2.08. The second-order valence-corrected chi connectivity index (χ2v) is 5.37. The second-order valence-electron chi connectivity index (χ2n) is 5.37. The highest BCUT2D eigenvalue weighted by Gasteiger charge is 2.06. The second kappa shape index (κ2) is 6.95. The molecule has 0 fully saturated rings. The van der Waals surface area contributed by atoms with Crippen LogP contribution in [0.2, 0.25) is 0 Å². The summed E-state index contributed by atoms with van der Waals surface area (Å²) in [5, 5.41) is 11.0. The van der Waals surface area contributed by atoms with Crippen LogP contribution in [0.5, 0.6) is 0 Å². The Morgan fingerprint density at radius 2 is 2.12 bits per heavy atom. The average Bonchev–Trinajstić information content (AvgIpc) is 2.94. The molecule has 0 saturated heterocycles. The molecule has 3 aromatic rings. The molecular formula is C16H18N6O2. The molecule has 0 aliphatic carbocycles. The lowest BCUT2D eigenvalue weighted by atomic mass is 10.2. The van der Waals surface area contributed by atoms with E-state index >= 15 is 0 Å². The number of fused-ring (bicyclic) bond motifs is 1. The highest BCUT2D eigenvalue weighted by molar-refractivity contribution is 5.81. The average molecular weight is 326 g/mol. The predicted octanol–water partition coefficient (Wildman–Crippen LogP) is 0.656. The molecular weight excluding hydrogens is 308 g/mol. The van der Waals surface area contributed by atoms with Gasteiger partial charge in [-0.3, -0.25) is 19.3 Å². The molecule has 0 aliphatic rings. The van der Waals surface area contributed by atoms with Crippen LogP contribution in [0, 0.1) is 6.92 Å². The number of H-pyrrole nitrogens is 1. The fourth-order valence-electron chi connectivity index (χ4n) is 2.39. The van der Waals surface area contributed by atoms with E-state index in [4.69, 9.17) is 0 Å². The van der Waals surface area contributed by atoms with Gasteiger partial charge in [-0.15, -0.1) is 0 Å². The fourth-order valence-corrected chi connectivity index (χ4v) is 2.39. The van der Waals surface area contributed by atoms with Crippen molar-refractivity contribution in [3.05, 3.63) is 52.6 Å². The number of aromatic amines is 1. The number of aryl methyl sites for hydroxylation is 1. The van der Waals surface area contributed by atoms with Crippen LogP contribution in [-0.4, -0.2) is 38.7 Å². The molecule has 24 heavy (non-hydrogen) atoms. The first-order valence-electron chi connectivity index (χ1n) is 7.61. The number of amides is 1. The van der Waals surface area contributed by atoms with E-state index in [1.54, 1.807) is 17.8 Å². The number of carbonyl (C=O) groups is 1. The van der Waals surface area contributed by atoms with Crippen molar-refractivity contribution in [3.63, 3.8) is 0 Å². The molecule has 0 bridgehead atoms. The summed E-state index contributed by atoms with van der Waals surface area (Å²) in [4.78, 5) is 30.1. The van der Waals surface area contributed by atoms with Gasteiger partial charge in [-0.05, 0) is 13.0 Å². The number of anilines is 1. The van der Waals surface area contributed by atoms with Crippen LogP contribution in [0.4, 0.5) is 5.95 Å². The number of rotatable bonds is 6. The zero-order chi connectivity index (χ0) is 16.9. The molecule has 1 aromatic carbocycles. The van der Waals surface area contributed by atoms with Crippen molar-refractivity contribution < 1.29 is 4.79 Å². The van der Waals surface area contributed by atoms with Gasteiger partial charge in [0.2, 0.25) is 11.9 Å². The number of carbonyl (C=O) groups excluding carboxylic acids is 1. The Labute approximate surface area is 137 Å². The topological polar surface area (TPSA) is 105 Å². The summed E-state index contributed by atoms with van der Waals surface area (Å²) in [6.45, 7) is 2.78. The highest BCUT2D eigenvalue weighted by atomic mass is 16.2. The molecule has 0 unspecified atom stereocenters. The van der Waals surface area contributed by atoms with Crippen LogP contribution in [0.15, 0.2) is 41.3 Å². The largest absolute Gasteiger partial charge is 0.354 e. The van der Waals surface area contributed by atoms with Gasteiger partial charge in [-0.2, -0.15) is 5.10 Å². The third kappa shape index (κ3) is 3.78. The van der Waals surface area contributed by atoms with Crippen LogP contribution < -0.4 is 16.2 Å². The smallest absolute Gasteiger partial charge is 0.252 e. The Kier molecular flexibility index (Phi) is 4.55. The van der Waals surface area contributed by atoms with Gasteiger partial charge >= 0.3 is 0 Å². The van der Waals surface area contributed by atoms with E-state index in [1.807, 2.05) is 24.3 Å². The summed E-state index contributed by atoms with van der Waals surface area (Å²) in [5.74, 6) is 0.267. The Morgan fingerprint density at radius 1 is 1.29 bits per heavy atom. The van der Waals surface area contributed by atoms with E-state index in [9.17, 15) is 9.59 Å². The summed E-state index contributed by atoms with van der Waals surface area (Å²) in [5.41, 5.74) is 1.35. The van der Waals surface area contributed by atoms with E-state index in [2.05, 4.69) is 25.7 Å². The van der Waals surface area contributed by atoms with Gasteiger partial charge in [0.25, 0.3) is 5.56 Å². The van der Waals surface area contributed by atoms with Gasteiger partial charge in [-0.1, -0.05) is 18.2 Å². The van der Waals surface area contributed by atoms with Gasteiger partial charge in [-0.25, -0.2) is 4.98 Å². The number of aromatic nitrogens is 4. The van der Waals surface area contributed by atoms with Crippen LogP contribution in [-0.2, 0) is 11.3 Å². The molecule has 0 radical (unpaired) electrons. The number of benzene rings is 1. The van der Waals surface area contributed by atoms with Crippen LogP contribution >= 0.6 is 0 Å². The van der Waals surface area contributed by atoms with Crippen LogP contribution in [0.1, 0.15) is 5.69 Å².